The average molecular weight is 418 g/mol. The largest absolute Gasteiger partial charge is 0.491 e. The lowest BCUT2D eigenvalue weighted by Gasteiger charge is -2.39. The van der Waals surface area contributed by atoms with E-state index in [0.29, 0.717) is 16.8 Å². The second-order valence-electron chi connectivity index (χ2n) is 7.68. The number of unbranched alkanes of at least 4 members (excludes halogenated alkanes) is 2. The van der Waals surface area contributed by atoms with Gasteiger partial charge in [0, 0.05) is 0 Å². The van der Waals surface area contributed by atoms with Crippen LogP contribution < -0.4 is 4.74 Å². The number of halogens is 2. The number of ether oxygens (including phenoxy) is 1. The smallest absolute Gasteiger partial charge is 0.192 e. The fourth-order valence-corrected chi connectivity index (χ4v) is 3.59. The molecule has 1 aromatic carbocycles. The third-order valence-electron chi connectivity index (χ3n) is 4.54. The monoisotopic (exact) mass is 417 g/mol. The normalized spacial score (nSPS) is 13.8. The molecule has 0 saturated heterocycles. The summed E-state index contributed by atoms with van der Waals surface area (Å²) in [5.74, 6) is 0.363. The summed E-state index contributed by atoms with van der Waals surface area (Å²) in [7, 11) is -1.87. The Labute approximate surface area is 156 Å². The molecule has 2 nitrogen and oxygen atoms in total. The number of rotatable bonds is 9. The van der Waals surface area contributed by atoms with Gasteiger partial charge in [0.05, 0.1) is 10.6 Å². The van der Waals surface area contributed by atoms with E-state index in [-0.39, 0.29) is 17.0 Å². The maximum Gasteiger partial charge on any atom is 0.192 e. The van der Waals surface area contributed by atoms with E-state index in [1.54, 1.807) is 12.1 Å². The SMILES string of the molecule is CCCC[CH]C(COc1ccc(F)c(Br)c1)O[Si](C)(C)C(C)(C)C. The molecule has 0 aromatic heterocycles. The molecule has 0 bridgehead atoms. The van der Waals surface area contributed by atoms with Gasteiger partial charge in [-0.2, -0.15) is 0 Å². The van der Waals surface area contributed by atoms with E-state index in [9.17, 15) is 4.39 Å². The molecule has 0 aliphatic rings. The molecule has 1 atom stereocenters. The van der Waals surface area contributed by atoms with Crippen LogP contribution in [-0.4, -0.2) is 21.0 Å². The number of benzene rings is 1. The van der Waals surface area contributed by atoms with Crippen LogP contribution >= 0.6 is 15.9 Å². The van der Waals surface area contributed by atoms with E-state index in [2.05, 4.69) is 63.1 Å². The van der Waals surface area contributed by atoms with Crippen molar-refractivity contribution in [2.24, 2.45) is 0 Å². The van der Waals surface area contributed by atoms with Gasteiger partial charge in [-0.25, -0.2) is 4.39 Å². The summed E-state index contributed by atoms with van der Waals surface area (Å²) in [6.45, 7) is 13.9. The van der Waals surface area contributed by atoms with Crippen molar-refractivity contribution in [2.45, 2.75) is 71.2 Å². The molecule has 0 spiro atoms. The summed E-state index contributed by atoms with van der Waals surface area (Å²) in [6, 6.07) is 4.71. The Morgan fingerprint density at radius 2 is 1.96 bits per heavy atom. The minimum atomic E-state index is -1.87. The van der Waals surface area contributed by atoms with E-state index in [1.807, 2.05) is 0 Å². The molecule has 1 unspecified atom stereocenters. The lowest BCUT2D eigenvalue weighted by molar-refractivity contribution is 0.135. The van der Waals surface area contributed by atoms with Crippen molar-refractivity contribution in [3.8, 4) is 5.75 Å². The maximum absolute atomic E-state index is 13.3. The molecule has 0 N–H and O–H groups in total. The van der Waals surface area contributed by atoms with Gasteiger partial charge in [-0.3, -0.25) is 0 Å². The van der Waals surface area contributed by atoms with Crippen molar-refractivity contribution in [3.63, 3.8) is 0 Å². The Kier molecular flexibility index (Phi) is 8.43. The highest BCUT2D eigenvalue weighted by atomic mass is 79.9. The Morgan fingerprint density at radius 1 is 1.29 bits per heavy atom. The van der Waals surface area contributed by atoms with Crippen LogP contribution in [0.3, 0.4) is 0 Å². The van der Waals surface area contributed by atoms with Crippen molar-refractivity contribution in [2.75, 3.05) is 6.61 Å². The first kappa shape index (κ1) is 21.6. The lowest BCUT2D eigenvalue weighted by Crippen LogP contribution is -2.45. The predicted molar refractivity (Wildman–Crippen MR) is 105 cm³/mol. The highest BCUT2D eigenvalue weighted by Crippen LogP contribution is 2.37. The predicted octanol–water partition coefficient (Wildman–Crippen LogP) is 6.75. The van der Waals surface area contributed by atoms with Crippen LogP contribution in [-0.2, 0) is 4.43 Å². The zero-order chi connectivity index (χ0) is 18.4. The summed E-state index contributed by atoms with van der Waals surface area (Å²) in [6.07, 6.45) is 5.52. The zero-order valence-electron chi connectivity index (χ0n) is 15.8. The first-order valence-electron chi connectivity index (χ1n) is 8.66. The Hall–Kier alpha value is -0.393. The second kappa shape index (κ2) is 9.34. The van der Waals surface area contributed by atoms with Gasteiger partial charge >= 0.3 is 0 Å². The Balaban J connectivity index is 2.72. The van der Waals surface area contributed by atoms with Crippen molar-refractivity contribution in [1.82, 2.24) is 0 Å². The van der Waals surface area contributed by atoms with Gasteiger partial charge < -0.3 is 9.16 Å². The average Bonchev–Trinajstić information content (AvgIpc) is 2.47. The van der Waals surface area contributed by atoms with Gasteiger partial charge in [0.25, 0.3) is 0 Å². The van der Waals surface area contributed by atoms with E-state index >= 15 is 0 Å². The van der Waals surface area contributed by atoms with Crippen molar-refractivity contribution < 1.29 is 13.6 Å². The first-order chi connectivity index (χ1) is 11.1. The first-order valence-corrected chi connectivity index (χ1v) is 12.4. The fourth-order valence-electron chi connectivity index (χ4n) is 1.96. The summed E-state index contributed by atoms with van der Waals surface area (Å²) >= 11 is 3.19. The molecule has 1 rings (SSSR count). The molecular weight excluding hydrogens is 387 g/mol. The van der Waals surface area contributed by atoms with Crippen molar-refractivity contribution in [1.29, 1.82) is 0 Å². The molecule has 0 aliphatic carbocycles. The van der Waals surface area contributed by atoms with Crippen LogP contribution in [0.1, 0.15) is 47.0 Å². The topological polar surface area (TPSA) is 18.5 Å². The summed E-state index contributed by atoms with van der Waals surface area (Å²) < 4.78 is 26.1. The molecule has 0 heterocycles. The van der Waals surface area contributed by atoms with Gasteiger partial charge in [0.1, 0.15) is 18.2 Å². The molecule has 0 aliphatic heterocycles. The lowest BCUT2D eigenvalue weighted by atomic mass is 10.1. The molecule has 0 fully saturated rings. The van der Waals surface area contributed by atoms with Gasteiger partial charge in [-0.15, -0.1) is 0 Å². The van der Waals surface area contributed by atoms with Crippen LogP contribution in [0.5, 0.6) is 5.75 Å². The van der Waals surface area contributed by atoms with Crippen LogP contribution in [0.25, 0.3) is 0 Å². The molecular formula is C19H31BrFO2Si. The quantitative estimate of drug-likeness (QED) is 0.326. The van der Waals surface area contributed by atoms with Gasteiger partial charge in [0.2, 0.25) is 0 Å². The van der Waals surface area contributed by atoms with E-state index in [0.717, 1.165) is 19.3 Å². The van der Waals surface area contributed by atoms with Gasteiger partial charge in [-0.1, -0.05) is 40.5 Å². The van der Waals surface area contributed by atoms with Gasteiger partial charge in [-0.05, 0) is 65.1 Å². The molecule has 1 radical (unpaired) electrons. The maximum atomic E-state index is 13.3. The van der Waals surface area contributed by atoms with Gasteiger partial charge in [0.15, 0.2) is 8.32 Å². The number of hydrogen-bond donors (Lipinski definition) is 0. The van der Waals surface area contributed by atoms with Crippen LogP contribution in [0, 0.1) is 12.2 Å². The van der Waals surface area contributed by atoms with E-state index in [4.69, 9.17) is 9.16 Å². The fraction of sp³-hybridized carbons (Fsp3) is 0.632. The second-order valence-corrected chi connectivity index (χ2v) is 13.3. The van der Waals surface area contributed by atoms with Crippen LogP contribution in [0.4, 0.5) is 4.39 Å². The Bertz CT molecular complexity index is 515. The summed E-state index contributed by atoms with van der Waals surface area (Å²) in [5.41, 5.74) is 0. The standard InChI is InChI=1S/C19H31BrFO2Si/c1-7-8-9-10-16(23-24(5,6)19(2,3)4)14-22-15-11-12-18(21)17(20)13-15/h10-13,16H,7-9,14H2,1-6H3. The summed E-state index contributed by atoms with van der Waals surface area (Å²) in [4.78, 5) is 0. The molecule has 5 heteroatoms. The number of hydrogen-bond acceptors (Lipinski definition) is 2. The third kappa shape index (κ3) is 6.85. The van der Waals surface area contributed by atoms with E-state index in [1.165, 1.54) is 6.07 Å². The molecule has 0 saturated carbocycles. The third-order valence-corrected chi connectivity index (χ3v) is 9.66. The molecule has 1 aromatic rings. The zero-order valence-corrected chi connectivity index (χ0v) is 18.4. The molecule has 137 valence electrons. The molecule has 0 amide bonds. The summed E-state index contributed by atoms with van der Waals surface area (Å²) in [5, 5.41) is 0.156. The molecule has 24 heavy (non-hydrogen) atoms. The highest BCUT2D eigenvalue weighted by molar-refractivity contribution is 9.10. The Morgan fingerprint density at radius 3 is 2.50 bits per heavy atom. The van der Waals surface area contributed by atoms with Crippen LogP contribution in [0.15, 0.2) is 22.7 Å². The van der Waals surface area contributed by atoms with Crippen molar-refractivity contribution >= 4 is 24.2 Å². The van der Waals surface area contributed by atoms with Crippen LogP contribution in [0.2, 0.25) is 18.1 Å². The van der Waals surface area contributed by atoms with Crippen molar-refractivity contribution in [3.05, 3.63) is 34.9 Å². The highest BCUT2D eigenvalue weighted by Gasteiger charge is 2.39. The minimum Gasteiger partial charge on any atom is -0.491 e. The van der Waals surface area contributed by atoms with E-state index < -0.39 is 8.32 Å². The minimum absolute atomic E-state index is 0.0405.